The van der Waals surface area contributed by atoms with E-state index in [2.05, 4.69) is 55.5 Å². The lowest BCUT2D eigenvalue weighted by atomic mass is 10.1. The van der Waals surface area contributed by atoms with Crippen molar-refractivity contribution in [2.45, 2.75) is 6.92 Å². The van der Waals surface area contributed by atoms with E-state index in [1.807, 2.05) is 30.3 Å². The van der Waals surface area contributed by atoms with Gasteiger partial charge in [-0.2, -0.15) is 0 Å². The third kappa shape index (κ3) is 2.26. The Balaban J connectivity index is 1.82. The average Bonchev–Trinajstić information content (AvgIpc) is 2.94. The molecule has 0 saturated heterocycles. The van der Waals surface area contributed by atoms with Crippen molar-refractivity contribution >= 4 is 22.3 Å². The van der Waals surface area contributed by atoms with Gasteiger partial charge >= 0.3 is 0 Å². The van der Waals surface area contributed by atoms with Crippen LogP contribution in [0.2, 0.25) is 0 Å². The van der Waals surface area contributed by atoms with E-state index < -0.39 is 0 Å². The van der Waals surface area contributed by atoms with E-state index in [1.165, 1.54) is 5.56 Å². The average molecular weight is 320 g/mol. The van der Waals surface area contributed by atoms with Crippen molar-refractivity contribution in [2.24, 2.45) is 4.99 Å². The van der Waals surface area contributed by atoms with E-state index in [4.69, 9.17) is 9.98 Å². The molecule has 0 unspecified atom stereocenters. The number of aryl methyl sites for hydroxylation is 1. The first-order valence-electron chi connectivity index (χ1n) is 8.45. The molecule has 0 fully saturated rings. The van der Waals surface area contributed by atoms with Crippen LogP contribution in [0.5, 0.6) is 0 Å². The second-order valence-corrected chi connectivity index (χ2v) is 6.42. The maximum atomic E-state index is 4.97. The number of rotatable bonds is 1. The van der Waals surface area contributed by atoms with Gasteiger partial charge in [-0.15, -0.1) is 0 Å². The molecule has 0 aliphatic heterocycles. The third-order valence-electron chi connectivity index (χ3n) is 4.66. The SMILES string of the molecule is Cc1ccc2cc3c(nc2c1)-c1ccccc1C3=Nc1ccccc1. The standard InChI is InChI=1S/C23H16N2/c1-15-11-12-16-14-20-22(24-17-7-3-2-4-8-17)18-9-5-6-10-19(18)23(20)25-21(16)13-15/h2-14H,1H3. The van der Waals surface area contributed by atoms with E-state index >= 15 is 0 Å². The van der Waals surface area contributed by atoms with Crippen molar-refractivity contribution < 1.29 is 0 Å². The van der Waals surface area contributed by atoms with Gasteiger partial charge in [-0.25, -0.2) is 9.98 Å². The fourth-order valence-corrected chi connectivity index (χ4v) is 3.46. The molecule has 25 heavy (non-hydrogen) atoms. The van der Waals surface area contributed by atoms with Gasteiger partial charge in [0, 0.05) is 22.1 Å². The van der Waals surface area contributed by atoms with Crippen LogP contribution in [0.3, 0.4) is 0 Å². The van der Waals surface area contributed by atoms with Gasteiger partial charge in [-0.3, -0.25) is 0 Å². The van der Waals surface area contributed by atoms with Gasteiger partial charge in [0.2, 0.25) is 0 Å². The number of pyridine rings is 1. The fraction of sp³-hybridized carbons (Fsp3) is 0.0435. The smallest absolute Gasteiger partial charge is 0.0810 e. The minimum absolute atomic E-state index is 0.962. The monoisotopic (exact) mass is 320 g/mol. The Morgan fingerprint density at radius 2 is 1.48 bits per heavy atom. The number of hydrogen-bond donors (Lipinski definition) is 0. The van der Waals surface area contributed by atoms with Crippen LogP contribution >= 0.6 is 0 Å². The lowest BCUT2D eigenvalue weighted by Gasteiger charge is -2.05. The van der Waals surface area contributed by atoms with E-state index in [1.54, 1.807) is 0 Å². The van der Waals surface area contributed by atoms with Gasteiger partial charge in [0.25, 0.3) is 0 Å². The topological polar surface area (TPSA) is 25.2 Å². The summed E-state index contributed by atoms with van der Waals surface area (Å²) in [5.41, 5.74) is 8.69. The normalized spacial score (nSPS) is 13.9. The Labute approximate surface area is 146 Å². The van der Waals surface area contributed by atoms with Crippen LogP contribution in [0.15, 0.2) is 83.9 Å². The summed E-state index contributed by atoms with van der Waals surface area (Å²) in [5, 5.41) is 1.15. The Bertz CT molecular complexity index is 1140. The molecular weight excluding hydrogens is 304 g/mol. The lowest BCUT2D eigenvalue weighted by molar-refractivity contribution is 1.38. The zero-order valence-electron chi connectivity index (χ0n) is 13.9. The molecule has 0 saturated carbocycles. The molecular formula is C23H16N2. The molecule has 118 valence electrons. The molecule has 5 rings (SSSR count). The molecule has 2 heteroatoms. The Morgan fingerprint density at radius 3 is 2.32 bits per heavy atom. The van der Waals surface area contributed by atoms with E-state index in [0.717, 1.165) is 44.7 Å². The molecule has 0 radical (unpaired) electrons. The van der Waals surface area contributed by atoms with Crippen LogP contribution in [-0.4, -0.2) is 10.7 Å². The van der Waals surface area contributed by atoms with E-state index in [9.17, 15) is 0 Å². The second kappa shape index (κ2) is 5.38. The van der Waals surface area contributed by atoms with Crippen molar-refractivity contribution in [2.75, 3.05) is 0 Å². The summed E-state index contributed by atoms with van der Waals surface area (Å²) in [6.45, 7) is 2.10. The summed E-state index contributed by atoms with van der Waals surface area (Å²) in [6, 6.07) is 27.1. The zero-order chi connectivity index (χ0) is 16.8. The van der Waals surface area contributed by atoms with Crippen LogP contribution < -0.4 is 0 Å². The van der Waals surface area contributed by atoms with Crippen LogP contribution in [0, 0.1) is 6.92 Å². The number of para-hydroxylation sites is 1. The van der Waals surface area contributed by atoms with Gasteiger partial charge in [0.15, 0.2) is 0 Å². The molecule has 1 aromatic heterocycles. The summed E-state index contributed by atoms with van der Waals surface area (Å²) < 4.78 is 0. The summed E-state index contributed by atoms with van der Waals surface area (Å²) >= 11 is 0. The zero-order valence-corrected chi connectivity index (χ0v) is 13.9. The van der Waals surface area contributed by atoms with Crippen molar-refractivity contribution in [3.8, 4) is 11.3 Å². The Hall–Kier alpha value is -3.26. The van der Waals surface area contributed by atoms with Crippen LogP contribution in [0.4, 0.5) is 5.69 Å². The number of fused-ring (bicyclic) bond motifs is 4. The molecule has 1 aliphatic carbocycles. The summed E-state index contributed by atoms with van der Waals surface area (Å²) in [5.74, 6) is 0. The van der Waals surface area contributed by atoms with E-state index in [-0.39, 0.29) is 0 Å². The first-order valence-corrected chi connectivity index (χ1v) is 8.45. The first kappa shape index (κ1) is 14.1. The number of aliphatic imine (C=N–C) groups is 1. The van der Waals surface area contributed by atoms with Gasteiger partial charge in [0.1, 0.15) is 0 Å². The molecule has 1 aliphatic rings. The number of aromatic nitrogens is 1. The molecule has 0 atom stereocenters. The Kier molecular flexibility index (Phi) is 3.04. The van der Waals surface area contributed by atoms with Gasteiger partial charge in [-0.05, 0) is 36.8 Å². The predicted octanol–water partition coefficient (Wildman–Crippen LogP) is 5.69. The molecule has 0 N–H and O–H groups in total. The van der Waals surface area contributed by atoms with Gasteiger partial charge in [-0.1, -0.05) is 54.6 Å². The highest BCUT2D eigenvalue weighted by Crippen LogP contribution is 2.38. The highest BCUT2D eigenvalue weighted by molar-refractivity contribution is 6.25. The molecule has 0 bridgehead atoms. The Morgan fingerprint density at radius 1 is 0.720 bits per heavy atom. The number of nitrogens with zero attached hydrogens (tertiary/aromatic N) is 2. The fourth-order valence-electron chi connectivity index (χ4n) is 3.46. The minimum Gasteiger partial charge on any atom is -0.248 e. The second-order valence-electron chi connectivity index (χ2n) is 6.42. The maximum absolute atomic E-state index is 4.97. The predicted molar refractivity (Wildman–Crippen MR) is 104 cm³/mol. The van der Waals surface area contributed by atoms with Crippen molar-refractivity contribution in [1.29, 1.82) is 0 Å². The third-order valence-corrected chi connectivity index (χ3v) is 4.66. The molecule has 4 aromatic rings. The summed E-state index contributed by atoms with van der Waals surface area (Å²) in [6.07, 6.45) is 0. The largest absolute Gasteiger partial charge is 0.248 e. The van der Waals surface area contributed by atoms with Crippen molar-refractivity contribution in [3.05, 3.63) is 95.6 Å². The molecule has 3 aromatic carbocycles. The lowest BCUT2D eigenvalue weighted by Crippen LogP contribution is -1.98. The van der Waals surface area contributed by atoms with Crippen LogP contribution in [-0.2, 0) is 0 Å². The highest BCUT2D eigenvalue weighted by atomic mass is 14.8. The highest BCUT2D eigenvalue weighted by Gasteiger charge is 2.26. The van der Waals surface area contributed by atoms with E-state index in [0.29, 0.717) is 0 Å². The van der Waals surface area contributed by atoms with Crippen LogP contribution in [0.1, 0.15) is 16.7 Å². The maximum Gasteiger partial charge on any atom is 0.0810 e. The van der Waals surface area contributed by atoms with Gasteiger partial charge < -0.3 is 0 Å². The summed E-state index contributed by atoms with van der Waals surface area (Å²) in [7, 11) is 0. The minimum atomic E-state index is 0.962. The van der Waals surface area contributed by atoms with Crippen molar-refractivity contribution in [3.63, 3.8) is 0 Å². The molecule has 1 heterocycles. The van der Waals surface area contributed by atoms with Gasteiger partial charge in [0.05, 0.1) is 22.6 Å². The molecule has 0 amide bonds. The van der Waals surface area contributed by atoms with Crippen LogP contribution in [0.25, 0.3) is 22.2 Å². The van der Waals surface area contributed by atoms with Crippen molar-refractivity contribution in [1.82, 2.24) is 4.98 Å². The molecule has 0 spiro atoms. The number of benzene rings is 3. The number of hydrogen-bond acceptors (Lipinski definition) is 2. The summed E-state index contributed by atoms with van der Waals surface area (Å²) in [4.78, 5) is 9.91. The quantitative estimate of drug-likeness (QED) is 0.389. The first-order chi connectivity index (χ1) is 12.3. The molecule has 2 nitrogen and oxygen atoms in total.